The molecule has 5 atom stereocenters. The van der Waals surface area contributed by atoms with E-state index in [9.17, 15) is 15.3 Å². The van der Waals surface area contributed by atoms with Crippen molar-refractivity contribution in [3.05, 3.63) is 18.2 Å². The smallest absolute Gasteiger partial charge is 0.229 e. The Bertz CT molecular complexity index is 469. The average molecular weight is 316 g/mol. The van der Waals surface area contributed by atoms with Crippen LogP contribution in [0, 0.1) is 0 Å². The predicted octanol–water partition coefficient (Wildman–Crippen LogP) is -1.12. The maximum Gasteiger partial charge on any atom is 0.229 e. The second-order valence-corrected chi connectivity index (χ2v) is 4.86. The molecule has 8 nitrogen and oxygen atoms in total. The van der Waals surface area contributed by atoms with Crippen LogP contribution in [-0.4, -0.2) is 72.0 Å². The topological polar surface area (TPSA) is 118 Å². The molecule has 124 valence electrons. The second kappa shape index (κ2) is 7.12. The second-order valence-electron chi connectivity index (χ2n) is 4.86. The van der Waals surface area contributed by atoms with Gasteiger partial charge in [0.15, 0.2) is 0 Å². The van der Waals surface area contributed by atoms with Crippen LogP contribution >= 0.6 is 0 Å². The van der Waals surface area contributed by atoms with Crippen molar-refractivity contribution in [2.24, 2.45) is 0 Å². The van der Waals surface area contributed by atoms with Gasteiger partial charge in [-0.05, 0) is 0 Å². The lowest BCUT2D eigenvalue weighted by Crippen LogP contribution is -2.60. The fourth-order valence-corrected chi connectivity index (χ4v) is 2.15. The van der Waals surface area contributed by atoms with Crippen LogP contribution in [0.5, 0.6) is 17.2 Å². The van der Waals surface area contributed by atoms with Crippen molar-refractivity contribution in [2.75, 3.05) is 20.8 Å². The number of benzene rings is 1. The van der Waals surface area contributed by atoms with Gasteiger partial charge in [0.2, 0.25) is 6.29 Å². The first-order chi connectivity index (χ1) is 10.5. The van der Waals surface area contributed by atoms with Crippen molar-refractivity contribution in [2.45, 2.75) is 30.7 Å². The zero-order chi connectivity index (χ0) is 16.3. The molecule has 1 aliphatic heterocycles. The van der Waals surface area contributed by atoms with Crippen LogP contribution in [0.4, 0.5) is 0 Å². The highest BCUT2D eigenvalue weighted by atomic mass is 16.7. The lowest BCUT2D eigenvalue weighted by atomic mass is 9.99. The van der Waals surface area contributed by atoms with Gasteiger partial charge in [-0.3, -0.25) is 0 Å². The normalized spacial score (nSPS) is 31.6. The molecule has 1 aromatic rings. The van der Waals surface area contributed by atoms with Crippen molar-refractivity contribution in [1.29, 1.82) is 0 Å². The number of ether oxygens (including phenoxy) is 4. The summed E-state index contributed by atoms with van der Waals surface area (Å²) in [4.78, 5) is 0. The van der Waals surface area contributed by atoms with Crippen LogP contribution < -0.4 is 14.2 Å². The highest BCUT2D eigenvalue weighted by molar-refractivity contribution is 5.42. The van der Waals surface area contributed by atoms with Crippen molar-refractivity contribution in [3.8, 4) is 17.2 Å². The van der Waals surface area contributed by atoms with E-state index < -0.39 is 37.3 Å². The van der Waals surface area contributed by atoms with E-state index in [0.29, 0.717) is 11.5 Å². The Morgan fingerprint density at radius 2 is 1.45 bits per heavy atom. The molecule has 0 amide bonds. The molecular formula is C14H20O8. The van der Waals surface area contributed by atoms with E-state index in [4.69, 9.17) is 24.1 Å². The lowest BCUT2D eigenvalue weighted by molar-refractivity contribution is -0.277. The highest BCUT2D eigenvalue weighted by Gasteiger charge is 2.44. The Kier molecular flexibility index (Phi) is 5.43. The van der Waals surface area contributed by atoms with E-state index >= 15 is 0 Å². The minimum absolute atomic E-state index is 0.278. The van der Waals surface area contributed by atoms with Crippen molar-refractivity contribution >= 4 is 0 Å². The standard InChI is InChI=1S/C14H20O8/c1-19-7-3-8(20-2)5-9(4-7)21-14-13(18)12(17)11(16)10(6-15)22-14/h3-5,10-18H,6H2,1-2H3/t10-,11-,12+,13-,14?/m1/s1. The Morgan fingerprint density at radius 3 is 1.95 bits per heavy atom. The molecule has 8 heteroatoms. The van der Waals surface area contributed by atoms with Gasteiger partial charge in [0, 0.05) is 18.2 Å². The quantitative estimate of drug-likeness (QED) is 0.540. The van der Waals surface area contributed by atoms with E-state index in [1.807, 2.05) is 0 Å². The maximum absolute atomic E-state index is 9.93. The molecule has 1 aliphatic rings. The van der Waals surface area contributed by atoms with Gasteiger partial charge in [-0.15, -0.1) is 0 Å². The number of methoxy groups -OCH3 is 2. The number of rotatable bonds is 5. The number of hydrogen-bond acceptors (Lipinski definition) is 8. The van der Waals surface area contributed by atoms with Crippen molar-refractivity contribution in [1.82, 2.24) is 0 Å². The Labute approximate surface area is 127 Å². The molecule has 2 rings (SSSR count). The summed E-state index contributed by atoms with van der Waals surface area (Å²) < 4.78 is 21.0. The summed E-state index contributed by atoms with van der Waals surface area (Å²) in [5, 5.41) is 38.5. The molecular weight excluding hydrogens is 296 g/mol. The van der Waals surface area contributed by atoms with Gasteiger partial charge in [-0.2, -0.15) is 0 Å². The van der Waals surface area contributed by atoms with Crippen LogP contribution in [-0.2, 0) is 4.74 Å². The molecule has 1 heterocycles. The van der Waals surface area contributed by atoms with Gasteiger partial charge in [0.1, 0.15) is 41.7 Å². The summed E-state index contributed by atoms with van der Waals surface area (Å²) in [7, 11) is 2.96. The zero-order valence-corrected chi connectivity index (χ0v) is 12.2. The molecule has 0 radical (unpaired) electrons. The molecule has 4 N–H and O–H groups in total. The Balaban J connectivity index is 2.18. The van der Waals surface area contributed by atoms with Gasteiger partial charge < -0.3 is 39.4 Å². The number of aliphatic hydroxyl groups is 4. The molecule has 1 unspecified atom stereocenters. The largest absolute Gasteiger partial charge is 0.496 e. The molecule has 22 heavy (non-hydrogen) atoms. The first kappa shape index (κ1) is 16.8. The lowest BCUT2D eigenvalue weighted by Gasteiger charge is -2.39. The highest BCUT2D eigenvalue weighted by Crippen LogP contribution is 2.30. The summed E-state index contributed by atoms with van der Waals surface area (Å²) >= 11 is 0. The summed E-state index contributed by atoms with van der Waals surface area (Å²) in [5.41, 5.74) is 0. The molecule has 1 aromatic carbocycles. The fourth-order valence-electron chi connectivity index (χ4n) is 2.15. The minimum Gasteiger partial charge on any atom is -0.496 e. The van der Waals surface area contributed by atoms with Crippen molar-refractivity contribution < 1.29 is 39.4 Å². The van der Waals surface area contributed by atoms with Gasteiger partial charge in [-0.1, -0.05) is 0 Å². The zero-order valence-electron chi connectivity index (χ0n) is 12.2. The predicted molar refractivity (Wildman–Crippen MR) is 73.9 cm³/mol. The molecule has 0 spiro atoms. The molecule has 0 bridgehead atoms. The van der Waals surface area contributed by atoms with Crippen LogP contribution in [0.25, 0.3) is 0 Å². The van der Waals surface area contributed by atoms with Gasteiger partial charge in [0.25, 0.3) is 0 Å². The first-order valence-electron chi connectivity index (χ1n) is 6.70. The fraction of sp³-hybridized carbons (Fsp3) is 0.571. The maximum atomic E-state index is 9.93. The summed E-state index contributed by atoms with van der Waals surface area (Å²) in [6, 6.07) is 4.73. The number of aliphatic hydroxyl groups excluding tert-OH is 4. The molecule has 1 fully saturated rings. The van der Waals surface area contributed by atoms with Crippen LogP contribution in [0.15, 0.2) is 18.2 Å². The van der Waals surface area contributed by atoms with E-state index in [1.54, 1.807) is 18.2 Å². The van der Waals surface area contributed by atoms with Gasteiger partial charge >= 0.3 is 0 Å². The third-order valence-electron chi connectivity index (χ3n) is 3.43. The molecule has 0 aliphatic carbocycles. The monoisotopic (exact) mass is 316 g/mol. The molecule has 1 saturated heterocycles. The Hall–Kier alpha value is -1.58. The molecule has 0 saturated carbocycles. The third kappa shape index (κ3) is 3.42. The molecule has 0 aromatic heterocycles. The summed E-state index contributed by atoms with van der Waals surface area (Å²) in [6.07, 6.45) is -6.69. The van der Waals surface area contributed by atoms with Crippen molar-refractivity contribution in [3.63, 3.8) is 0 Å². The van der Waals surface area contributed by atoms with E-state index in [-0.39, 0.29) is 5.75 Å². The van der Waals surface area contributed by atoms with Crippen LogP contribution in [0.1, 0.15) is 0 Å². The third-order valence-corrected chi connectivity index (χ3v) is 3.43. The van der Waals surface area contributed by atoms with Gasteiger partial charge in [0.05, 0.1) is 20.8 Å². The van der Waals surface area contributed by atoms with E-state index in [2.05, 4.69) is 0 Å². The average Bonchev–Trinajstić information content (AvgIpc) is 2.54. The SMILES string of the molecule is COc1cc(OC)cc(OC2O[C@H](CO)[C@@H](O)[C@H](O)[C@H]2O)c1. The van der Waals surface area contributed by atoms with E-state index in [0.717, 1.165) is 0 Å². The summed E-state index contributed by atoms with van der Waals surface area (Å²) in [5.74, 6) is 1.22. The number of hydrogen-bond donors (Lipinski definition) is 4. The van der Waals surface area contributed by atoms with Crippen LogP contribution in [0.2, 0.25) is 0 Å². The van der Waals surface area contributed by atoms with Crippen LogP contribution in [0.3, 0.4) is 0 Å². The van der Waals surface area contributed by atoms with E-state index in [1.165, 1.54) is 14.2 Å². The Morgan fingerprint density at radius 1 is 0.909 bits per heavy atom. The first-order valence-corrected chi connectivity index (χ1v) is 6.70. The minimum atomic E-state index is -1.50. The van der Waals surface area contributed by atoms with Gasteiger partial charge in [-0.25, -0.2) is 0 Å². The summed E-state index contributed by atoms with van der Waals surface area (Å²) in [6.45, 7) is -0.522.